The smallest absolute Gasteiger partial charge is 0.328 e. The van der Waals surface area contributed by atoms with Crippen LogP contribution >= 0.6 is 23.5 Å². The highest BCUT2D eigenvalue weighted by Crippen LogP contribution is 2.31. The Labute approximate surface area is 193 Å². The average molecular weight is 476 g/mol. The second kappa shape index (κ2) is 9.97. The van der Waals surface area contributed by atoms with Gasteiger partial charge in [0.1, 0.15) is 6.04 Å². The van der Waals surface area contributed by atoms with Crippen molar-refractivity contribution in [1.29, 1.82) is 0 Å². The fourth-order valence-corrected chi connectivity index (χ4v) is 4.97. The number of hydrogen-bond donors (Lipinski definition) is 2. The van der Waals surface area contributed by atoms with E-state index in [1.165, 1.54) is 7.11 Å². The van der Waals surface area contributed by atoms with E-state index in [-0.39, 0.29) is 22.9 Å². The fourth-order valence-electron chi connectivity index (χ4n) is 3.82. The number of carbonyl (C=O) groups excluding carboxylic acids is 2. The molecule has 3 N–H and O–H groups in total. The Bertz CT molecular complexity index is 1110. The lowest BCUT2D eigenvalue weighted by molar-refractivity contribution is -0.153. The molecule has 0 saturated heterocycles. The summed E-state index contributed by atoms with van der Waals surface area (Å²) in [7, 11) is 1.34. The van der Waals surface area contributed by atoms with Crippen LogP contribution in [0.15, 0.2) is 33.9 Å². The second-order valence-electron chi connectivity index (χ2n) is 7.48. The first-order valence-electron chi connectivity index (χ1n) is 10.2. The van der Waals surface area contributed by atoms with Crippen LogP contribution < -0.4 is 5.73 Å². The minimum absolute atomic E-state index is 0.0603. The molecule has 0 spiro atoms. The van der Waals surface area contributed by atoms with E-state index >= 15 is 0 Å². The van der Waals surface area contributed by atoms with Crippen LogP contribution in [0.4, 0.5) is 0 Å². The lowest BCUT2D eigenvalue weighted by atomic mass is 9.96. The van der Waals surface area contributed by atoms with E-state index in [0.717, 1.165) is 46.1 Å². The third-order valence-electron chi connectivity index (χ3n) is 5.49. The number of thioether (sulfide) groups is 2. The highest BCUT2D eigenvalue weighted by atomic mass is 32.2. The number of benzene rings is 1. The topological polar surface area (TPSA) is 127 Å². The Kier molecular flexibility index (Phi) is 7.07. The predicted molar refractivity (Wildman–Crippen MR) is 123 cm³/mol. The number of nitrogens with zero attached hydrogens (tertiary/aromatic N) is 3. The number of carbonyl (C=O) groups is 2. The van der Waals surface area contributed by atoms with Gasteiger partial charge in [0.15, 0.2) is 0 Å². The number of ether oxygens (including phenoxy) is 1. The van der Waals surface area contributed by atoms with Crippen LogP contribution in [0, 0.1) is 0 Å². The summed E-state index contributed by atoms with van der Waals surface area (Å²) in [6.07, 6.45) is 3.14. The summed E-state index contributed by atoms with van der Waals surface area (Å²) in [5.74, 6) is 0.678. The van der Waals surface area contributed by atoms with Crippen molar-refractivity contribution < 1.29 is 18.7 Å². The first-order chi connectivity index (χ1) is 15.5. The van der Waals surface area contributed by atoms with E-state index in [4.69, 9.17) is 14.9 Å². The van der Waals surface area contributed by atoms with Crippen molar-refractivity contribution in [2.24, 2.45) is 5.73 Å². The normalized spacial score (nSPS) is 16.7. The summed E-state index contributed by atoms with van der Waals surface area (Å²) in [5, 5.41) is 9.33. The number of amides is 1. The lowest BCUT2D eigenvalue weighted by Crippen LogP contribution is -2.49. The van der Waals surface area contributed by atoms with Crippen LogP contribution in [0.25, 0.3) is 10.9 Å². The van der Waals surface area contributed by atoms with Gasteiger partial charge in [-0.15, -0.1) is 10.2 Å². The van der Waals surface area contributed by atoms with Gasteiger partial charge < -0.3 is 24.8 Å². The molecule has 1 amide bonds. The Morgan fingerprint density at radius 2 is 2.19 bits per heavy atom. The van der Waals surface area contributed by atoms with Gasteiger partial charge in [-0.3, -0.25) is 4.79 Å². The number of H-pyrrole nitrogens is 1. The maximum absolute atomic E-state index is 13.1. The van der Waals surface area contributed by atoms with Crippen molar-refractivity contribution in [3.8, 4) is 0 Å². The maximum atomic E-state index is 13.1. The summed E-state index contributed by atoms with van der Waals surface area (Å²) < 4.78 is 10.6. The number of nitrogens with two attached hydrogens (primary N) is 1. The molecule has 2 atom stereocenters. The van der Waals surface area contributed by atoms with Gasteiger partial charge >= 0.3 is 5.97 Å². The number of rotatable bonds is 8. The summed E-state index contributed by atoms with van der Waals surface area (Å²) in [6, 6.07) is 6.91. The van der Waals surface area contributed by atoms with E-state index in [9.17, 15) is 9.59 Å². The van der Waals surface area contributed by atoms with Gasteiger partial charge in [-0.05, 0) is 30.1 Å². The quantitative estimate of drug-likeness (QED) is 0.373. The van der Waals surface area contributed by atoms with Gasteiger partial charge in [-0.1, -0.05) is 30.0 Å². The van der Waals surface area contributed by atoms with Crippen LogP contribution in [0.2, 0.25) is 0 Å². The Morgan fingerprint density at radius 1 is 1.38 bits per heavy atom. The number of hydrogen-bond acceptors (Lipinski definition) is 9. The molecule has 1 aromatic carbocycles. The van der Waals surface area contributed by atoms with Gasteiger partial charge in [0.05, 0.1) is 25.4 Å². The molecule has 3 aromatic rings. The van der Waals surface area contributed by atoms with Crippen molar-refractivity contribution in [2.45, 2.75) is 36.7 Å². The molecule has 0 radical (unpaired) electrons. The van der Waals surface area contributed by atoms with Crippen LogP contribution in [0.5, 0.6) is 0 Å². The third kappa shape index (κ3) is 4.64. The number of esters is 1. The van der Waals surface area contributed by atoms with Crippen molar-refractivity contribution in [1.82, 2.24) is 20.1 Å². The maximum Gasteiger partial charge on any atom is 0.328 e. The molecule has 9 nitrogen and oxygen atoms in total. The number of methoxy groups -OCH3 is 1. The van der Waals surface area contributed by atoms with E-state index in [1.54, 1.807) is 16.7 Å². The summed E-state index contributed by atoms with van der Waals surface area (Å²) in [6.45, 7) is 0.303. The predicted octanol–water partition coefficient (Wildman–Crippen LogP) is 2.52. The molecule has 3 heterocycles. The zero-order valence-electron chi connectivity index (χ0n) is 17.9. The van der Waals surface area contributed by atoms with Crippen molar-refractivity contribution in [3.63, 3.8) is 0 Å². The molecule has 170 valence electrons. The van der Waals surface area contributed by atoms with Gasteiger partial charge in [0.25, 0.3) is 5.22 Å². The van der Waals surface area contributed by atoms with Crippen molar-refractivity contribution >= 4 is 46.3 Å². The van der Waals surface area contributed by atoms with Crippen molar-refractivity contribution in [2.75, 3.05) is 24.9 Å². The molecule has 0 fully saturated rings. The molecule has 4 rings (SSSR count). The minimum atomic E-state index is -0.682. The molecule has 0 bridgehead atoms. The van der Waals surface area contributed by atoms with Gasteiger partial charge in [0, 0.05) is 23.0 Å². The number of aromatic nitrogens is 3. The highest BCUT2D eigenvalue weighted by molar-refractivity contribution is 7.99. The molecule has 0 aliphatic carbocycles. The Morgan fingerprint density at radius 3 is 2.97 bits per heavy atom. The molecule has 0 unspecified atom stereocenters. The van der Waals surface area contributed by atoms with Crippen LogP contribution in [0.1, 0.15) is 29.6 Å². The van der Waals surface area contributed by atoms with E-state index in [2.05, 4.69) is 15.2 Å². The summed E-state index contributed by atoms with van der Waals surface area (Å²) in [5.41, 5.74) is 9.03. The monoisotopic (exact) mass is 475 g/mol. The first kappa shape index (κ1) is 22.7. The second-order valence-corrected chi connectivity index (χ2v) is 9.39. The van der Waals surface area contributed by atoms with E-state index in [0.29, 0.717) is 18.9 Å². The zero-order chi connectivity index (χ0) is 22.7. The van der Waals surface area contributed by atoms with E-state index < -0.39 is 12.0 Å². The molecule has 1 aliphatic rings. The van der Waals surface area contributed by atoms with Crippen molar-refractivity contribution in [3.05, 3.63) is 41.4 Å². The van der Waals surface area contributed by atoms with Gasteiger partial charge in [0.2, 0.25) is 11.8 Å². The van der Waals surface area contributed by atoms with Crippen LogP contribution in [0.3, 0.4) is 0 Å². The lowest BCUT2D eigenvalue weighted by Gasteiger charge is -2.33. The minimum Gasteiger partial charge on any atom is -0.467 e. The third-order valence-corrected chi connectivity index (χ3v) is 6.94. The van der Waals surface area contributed by atoms with Gasteiger partial charge in [-0.2, -0.15) is 11.8 Å². The Balaban J connectivity index is 1.47. The molecule has 0 saturated carbocycles. The Hall–Kier alpha value is -2.50. The SMILES string of the molecule is COC(=O)[C@H]1Cc2c([nH]c3ccccc23)CN1C(=O)CSc1nnc([C@@H](N)CCSC)o1. The average Bonchev–Trinajstić information content (AvgIpc) is 3.44. The number of para-hydroxylation sites is 1. The largest absolute Gasteiger partial charge is 0.467 e. The molecular formula is C21H25N5O4S2. The first-order valence-corrected chi connectivity index (χ1v) is 12.6. The van der Waals surface area contributed by atoms with Crippen LogP contribution in [-0.2, 0) is 27.3 Å². The standard InChI is InChI=1S/C21H25N5O4S2/c1-29-20(28)17-9-13-12-5-3-4-6-15(12)23-16(13)10-26(17)18(27)11-32-21-25-24-19(30-21)14(22)7-8-31-2/h3-6,14,17,23H,7-11,22H2,1-2H3/t14-,17+/m0/s1. The highest BCUT2D eigenvalue weighted by Gasteiger charge is 2.37. The van der Waals surface area contributed by atoms with Crippen LogP contribution in [-0.4, -0.2) is 62.9 Å². The number of fused-ring (bicyclic) bond motifs is 3. The van der Waals surface area contributed by atoms with Gasteiger partial charge in [-0.25, -0.2) is 4.79 Å². The summed E-state index contributed by atoms with van der Waals surface area (Å²) >= 11 is 2.83. The molecular weight excluding hydrogens is 450 g/mol. The van der Waals surface area contributed by atoms with E-state index in [1.807, 2.05) is 30.5 Å². The molecule has 32 heavy (non-hydrogen) atoms. The molecule has 2 aromatic heterocycles. The molecule has 1 aliphatic heterocycles. The number of aromatic amines is 1. The summed E-state index contributed by atoms with van der Waals surface area (Å²) in [4.78, 5) is 30.5. The zero-order valence-corrected chi connectivity index (χ0v) is 19.5. The molecule has 11 heteroatoms. The fraction of sp³-hybridized carbons (Fsp3) is 0.429. The number of nitrogens with one attached hydrogen (secondary N) is 1.